The number of hydrogen-bond acceptors (Lipinski definition) is 5. The van der Waals surface area contributed by atoms with Gasteiger partial charge in [0.15, 0.2) is 0 Å². The number of pyridine rings is 1. The molecular weight excluding hydrogens is 264 g/mol. The molecule has 1 atom stereocenters. The minimum absolute atomic E-state index is 0.315. The summed E-state index contributed by atoms with van der Waals surface area (Å²) in [6.45, 7) is 1.98. The number of aromatic nitrogens is 3. The van der Waals surface area contributed by atoms with E-state index in [-0.39, 0.29) is 0 Å². The van der Waals surface area contributed by atoms with Gasteiger partial charge in [-0.3, -0.25) is 4.98 Å². The van der Waals surface area contributed by atoms with Crippen LogP contribution in [0.2, 0.25) is 0 Å². The predicted molar refractivity (Wildman–Crippen MR) is 79.9 cm³/mol. The molecular formula is C16H16N4O. The molecule has 1 aliphatic heterocycles. The van der Waals surface area contributed by atoms with Crippen LogP contribution in [0.4, 0.5) is 0 Å². The van der Waals surface area contributed by atoms with Crippen LogP contribution < -0.4 is 5.32 Å². The highest BCUT2D eigenvalue weighted by Crippen LogP contribution is 2.27. The number of nitrogens with one attached hydrogen (secondary N) is 1. The van der Waals surface area contributed by atoms with Gasteiger partial charge in [-0.05, 0) is 30.8 Å². The van der Waals surface area contributed by atoms with Crippen LogP contribution in [0.1, 0.15) is 24.7 Å². The first kappa shape index (κ1) is 12.5. The van der Waals surface area contributed by atoms with Gasteiger partial charge in [0, 0.05) is 18.1 Å². The lowest BCUT2D eigenvalue weighted by Gasteiger charge is -2.18. The average molecular weight is 280 g/mol. The third-order valence-corrected chi connectivity index (χ3v) is 3.97. The van der Waals surface area contributed by atoms with E-state index in [2.05, 4.69) is 26.5 Å². The van der Waals surface area contributed by atoms with Crippen LogP contribution in [0.25, 0.3) is 22.3 Å². The van der Waals surface area contributed by atoms with Crippen molar-refractivity contribution in [3.8, 4) is 11.5 Å². The summed E-state index contributed by atoms with van der Waals surface area (Å²) in [5.41, 5.74) is 0.784. The Morgan fingerprint density at radius 3 is 3.05 bits per heavy atom. The normalized spacial score (nSPS) is 19.0. The molecule has 0 radical (unpaired) electrons. The lowest BCUT2D eigenvalue weighted by atomic mass is 10.00. The molecule has 21 heavy (non-hydrogen) atoms. The summed E-state index contributed by atoms with van der Waals surface area (Å²) in [5, 5.41) is 9.69. The maximum atomic E-state index is 5.47. The first-order valence-corrected chi connectivity index (χ1v) is 7.30. The monoisotopic (exact) mass is 280 g/mol. The topological polar surface area (TPSA) is 63.8 Å². The minimum atomic E-state index is 0.315. The molecule has 0 bridgehead atoms. The molecule has 5 heteroatoms. The standard InChI is InChI=1S/C16H16N4O/c1-2-6-13-11(4-1)7-9-18-14(13)15-19-16(21-20-15)12-5-3-8-17-10-12/h1-2,4,6-7,9,12,17H,3,5,8,10H2. The van der Waals surface area contributed by atoms with Gasteiger partial charge in [0.25, 0.3) is 0 Å². The van der Waals surface area contributed by atoms with Crippen molar-refractivity contribution in [2.45, 2.75) is 18.8 Å². The van der Waals surface area contributed by atoms with E-state index >= 15 is 0 Å². The molecule has 1 fully saturated rings. The quantitative estimate of drug-likeness (QED) is 0.782. The maximum absolute atomic E-state index is 5.47. The van der Waals surface area contributed by atoms with Crippen molar-refractivity contribution in [2.24, 2.45) is 0 Å². The lowest BCUT2D eigenvalue weighted by Crippen LogP contribution is -2.28. The fraction of sp³-hybridized carbons (Fsp3) is 0.312. The number of nitrogens with zero attached hydrogens (tertiary/aromatic N) is 3. The molecule has 1 aliphatic rings. The number of fused-ring (bicyclic) bond motifs is 1. The second-order valence-electron chi connectivity index (χ2n) is 5.38. The van der Waals surface area contributed by atoms with Crippen LogP contribution in [-0.2, 0) is 0 Å². The highest BCUT2D eigenvalue weighted by molar-refractivity contribution is 5.92. The average Bonchev–Trinajstić information content (AvgIpc) is 3.05. The molecule has 0 saturated carbocycles. The van der Waals surface area contributed by atoms with E-state index in [1.165, 1.54) is 0 Å². The Morgan fingerprint density at radius 1 is 1.19 bits per heavy atom. The Kier molecular flexibility index (Phi) is 3.12. The molecule has 1 N–H and O–H groups in total. The zero-order valence-corrected chi connectivity index (χ0v) is 11.6. The van der Waals surface area contributed by atoms with Crippen LogP contribution in [0, 0.1) is 0 Å². The third kappa shape index (κ3) is 2.29. The van der Waals surface area contributed by atoms with Gasteiger partial charge in [0.2, 0.25) is 11.7 Å². The molecule has 1 unspecified atom stereocenters. The Balaban J connectivity index is 1.74. The lowest BCUT2D eigenvalue weighted by molar-refractivity contribution is 0.322. The number of rotatable bonds is 2. The van der Waals surface area contributed by atoms with Crippen LogP contribution in [0.5, 0.6) is 0 Å². The molecule has 1 aromatic carbocycles. The minimum Gasteiger partial charge on any atom is -0.339 e. The maximum Gasteiger partial charge on any atom is 0.231 e. The molecule has 2 aromatic heterocycles. The summed E-state index contributed by atoms with van der Waals surface area (Å²) in [4.78, 5) is 9.01. The Morgan fingerprint density at radius 2 is 2.14 bits per heavy atom. The highest BCUT2D eigenvalue weighted by atomic mass is 16.5. The summed E-state index contributed by atoms with van der Waals surface area (Å²) in [5.74, 6) is 1.61. The molecule has 106 valence electrons. The zero-order valence-electron chi connectivity index (χ0n) is 11.6. The molecule has 0 amide bonds. The van der Waals surface area contributed by atoms with Gasteiger partial charge in [-0.1, -0.05) is 29.4 Å². The van der Waals surface area contributed by atoms with E-state index in [1.807, 2.05) is 24.3 Å². The fourth-order valence-electron chi connectivity index (χ4n) is 2.86. The van der Waals surface area contributed by atoms with Crippen LogP contribution >= 0.6 is 0 Å². The van der Waals surface area contributed by atoms with Crippen molar-refractivity contribution in [1.82, 2.24) is 20.4 Å². The van der Waals surface area contributed by atoms with Crippen LogP contribution in [0.15, 0.2) is 41.1 Å². The second-order valence-corrected chi connectivity index (χ2v) is 5.38. The van der Waals surface area contributed by atoms with Crippen molar-refractivity contribution in [3.05, 3.63) is 42.4 Å². The fourth-order valence-corrected chi connectivity index (χ4v) is 2.86. The summed E-state index contributed by atoms with van der Waals surface area (Å²) < 4.78 is 5.47. The van der Waals surface area contributed by atoms with E-state index in [1.54, 1.807) is 6.20 Å². The van der Waals surface area contributed by atoms with Gasteiger partial charge in [0.1, 0.15) is 5.69 Å². The molecule has 0 aliphatic carbocycles. The molecule has 5 nitrogen and oxygen atoms in total. The van der Waals surface area contributed by atoms with E-state index < -0.39 is 0 Å². The second kappa shape index (κ2) is 5.26. The predicted octanol–water partition coefficient (Wildman–Crippen LogP) is 2.75. The summed E-state index contributed by atoms with van der Waals surface area (Å²) in [6, 6.07) is 10.1. The van der Waals surface area contributed by atoms with Gasteiger partial charge in [-0.2, -0.15) is 4.98 Å². The molecule has 1 saturated heterocycles. The number of benzene rings is 1. The van der Waals surface area contributed by atoms with Gasteiger partial charge >= 0.3 is 0 Å². The van der Waals surface area contributed by atoms with Crippen molar-refractivity contribution < 1.29 is 4.52 Å². The van der Waals surface area contributed by atoms with E-state index in [4.69, 9.17) is 4.52 Å². The van der Waals surface area contributed by atoms with Gasteiger partial charge in [-0.25, -0.2) is 0 Å². The first-order valence-electron chi connectivity index (χ1n) is 7.30. The number of piperidine rings is 1. The van der Waals surface area contributed by atoms with Gasteiger partial charge < -0.3 is 9.84 Å². The molecule has 3 heterocycles. The van der Waals surface area contributed by atoms with Gasteiger partial charge in [-0.15, -0.1) is 0 Å². The van der Waals surface area contributed by atoms with E-state index in [0.29, 0.717) is 17.6 Å². The Bertz CT molecular complexity index is 756. The highest BCUT2D eigenvalue weighted by Gasteiger charge is 2.22. The summed E-state index contributed by atoms with van der Waals surface area (Å²) in [7, 11) is 0. The first-order chi connectivity index (χ1) is 10.4. The molecule has 4 rings (SSSR count). The van der Waals surface area contributed by atoms with Crippen molar-refractivity contribution in [1.29, 1.82) is 0 Å². The molecule has 3 aromatic rings. The smallest absolute Gasteiger partial charge is 0.231 e. The zero-order chi connectivity index (χ0) is 14.1. The SMILES string of the molecule is c1ccc2c(-c3noc(C4CCCNC4)n3)nccc2c1. The van der Waals surface area contributed by atoms with Crippen molar-refractivity contribution >= 4 is 10.8 Å². The van der Waals surface area contributed by atoms with Crippen LogP contribution in [0.3, 0.4) is 0 Å². The van der Waals surface area contributed by atoms with E-state index in [0.717, 1.165) is 42.4 Å². The Hall–Kier alpha value is -2.27. The Labute approximate surface area is 122 Å². The molecule has 0 spiro atoms. The van der Waals surface area contributed by atoms with Crippen molar-refractivity contribution in [3.63, 3.8) is 0 Å². The third-order valence-electron chi connectivity index (χ3n) is 3.97. The largest absolute Gasteiger partial charge is 0.339 e. The summed E-state index contributed by atoms with van der Waals surface area (Å²) >= 11 is 0. The van der Waals surface area contributed by atoms with Crippen LogP contribution in [-0.4, -0.2) is 28.2 Å². The van der Waals surface area contributed by atoms with Crippen molar-refractivity contribution in [2.75, 3.05) is 13.1 Å². The number of hydrogen-bond donors (Lipinski definition) is 1. The van der Waals surface area contributed by atoms with E-state index in [9.17, 15) is 0 Å². The van der Waals surface area contributed by atoms with Gasteiger partial charge in [0.05, 0.1) is 5.92 Å². The summed E-state index contributed by atoms with van der Waals surface area (Å²) in [6.07, 6.45) is 4.03.